The van der Waals surface area contributed by atoms with E-state index in [4.69, 9.17) is 4.74 Å². The maximum absolute atomic E-state index is 13.8. The molecule has 0 aromatic heterocycles. The predicted molar refractivity (Wildman–Crippen MR) is 161 cm³/mol. The van der Waals surface area contributed by atoms with Crippen molar-refractivity contribution in [1.29, 1.82) is 0 Å². The van der Waals surface area contributed by atoms with Crippen molar-refractivity contribution in [2.75, 3.05) is 64.9 Å². The Morgan fingerprint density at radius 2 is 1.29 bits per heavy atom. The topological polar surface area (TPSA) is 108 Å². The molecule has 1 heterocycles. The van der Waals surface area contributed by atoms with Crippen LogP contribution in [0.4, 0.5) is 10.5 Å². The highest BCUT2D eigenvalue weighted by molar-refractivity contribution is 7.89. The summed E-state index contributed by atoms with van der Waals surface area (Å²) in [5, 5.41) is 0. The smallest absolute Gasteiger partial charge is 0.409 e. The SMILES string of the molecule is C=C1CN(S(=O)(=O)c2ccc(C)cc2)CCCN(C(=O)OCCC)CCCN(S(=O)(=O)c2ccc(N(C)C)cc2)C1. The number of nitrogens with zero attached hydrogens (tertiary/aromatic N) is 4. The van der Waals surface area contributed by atoms with Crippen molar-refractivity contribution in [3.63, 3.8) is 0 Å². The van der Waals surface area contributed by atoms with Gasteiger partial charge in [-0.2, -0.15) is 8.61 Å². The zero-order valence-corrected chi connectivity index (χ0v) is 26.1. The second-order valence-electron chi connectivity index (χ2n) is 10.4. The lowest BCUT2D eigenvalue weighted by atomic mass is 10.2. The van der Waals surface area contributed by atoms with Crippen LogP contribution in [0.3, 0.4) is 0 Å². The molecule has 0 bridgehead atoms. The average Bonchev–Trinajstić information content (AvgIpc) is 2.93. The second kappa shape index (κ2) is 14.3. The summed E-state index contributed by atoms with van der Waals surface area (Å²) in [6.45, 7) is 8.82. The van der Waals surface area contributed by atoms with Gasteiger partial charge < -0.3 is 14.5 Å². The number of sulfonamides is 2. The number of anilines is 1. The molecule has 1 amide bonds. The fraction of sp³-hybridized carbons (Fsp3) is 0.483. The summed E-state index contributed by atoms with van der Waals surface area (Å²) in [5.41, 5.74) is 2.25. The first kappa shape index (κ1) is 32.6. The number of aryl methyl sites for hydroxylation is 1. The molecular weight excluding hydrogens is 564 g/mol. The van der Waals surface area contributed by atoms with Gasteiger partial charge >= 0.3 is 6.09 Å². The molecular formula is C29H42N4O6S2. The van der Waals surface area contributed by atoms with Gasteiger partial charge in [0.05, 0.1) is 16.4 Å². The minimum Gasteiger partial charge on any atom is -0.449 e. The molecule has 41 heavy (non-hydrogen) atoms. The first-order valence-corrected chi connectivity index (χ1v) is 16.7. The zero-order chi connectivity index (χ0) is 30.2. The normalized spacial score (nSPS) is 17.0. The summed E-state index contributed by atoms with van der Waals surface area (Å²) in [4.78, 5) is 16.4. The lowest BCUT2D eigenvalue weighted by molar-refractivity contribution is 0.100. The Bertz CT molecular complexity index is 1390. The second-order valence-corrected chi connectivity index (χ2v) is 14.3. The van der Waals surface area contributed by atoms with Crippen LogP contribution in [0.5, 0.6) is 0 Å². The van der Waals surface area contributed by atoms with Crippen LogP contribution in [-0.2, 0) is 24.8 Å². The van der Waals surface area contributed by atoms with Gasteiger partial charge in [-0.05, 0) is 68.2 Å². The number of carbonyl (C=O) groups excluding carboxylic acids is 1. The third kappa shape index (κ3) is 8.54. The van der Waals surface area contributed by atoms with E-state index in [1.165, 1.54) is 13.5 Å². The minimum atomic E-state index is -3.94. The third-order valence-corrected chi connectivity index (χ3v) is 10.5. The van der Waals surface area contributed by atoms with E-state index in [1.54, 1.807) is 48.5 Å². The molecule has 0 unspecified atom stereocenters. The van der Waals surface area contributed by atoms with E-state index in [2.05, 4.69) is 6.58 Å². The molecule has 10 nitrogen and oxygen atoms in total. The van der Waals surface area contributed by atoms with Crippen molar-refractivity contribution in [2.24, 2.45) is 0 Å². The summed E-state index contributed by atoms with van der Waals surface area (Å²) in [7, 11) is -4.10. The molecule has 0 atom stereocenters. The molecule has 226 valence electrons. The van der Waals surface area contributed by atoms with Crippen molar-refractivity contribution in [2.45, 2.75) is 42.9 Å². The standard InChI is InChI=1S/C29H42N4O6S2/c1-6-21-39-29(34)31-17-7-19-32(40(35,36)27-13-9-24(2)10-14-27)22-25(3)23-33(20-8-18-31)41(37,38)28-15-11-26(12-16-28)30(4)5/h9-16H,3,6-8,17-23H2,1-2,4-5H3. The summed E-state index contributed by atoms with van der Waals surface area (Å²) in [6, 6.07) is 13.2. The van der Waals surface area contributed by atoms with Crippen LogP contribution in [0.15, 0.2) is 70.5 Å². The molecule has 0 N–H and O–H groups in total. The van der Waals surface area contributed by atoms with Gasteiger partial charge in [0.25, 0.3) is 0 Å². The predicted octanol–water partition coefficient (Wildman–Crippen LogP) is 3.94. The van der Waals surface area contributed by atoms with Gasteiger partial charge in [-0.1, -0.05) is 31.2 Å². The van der Waals surface area contributed by atoms with Crippen LogP contribution >= 0.6 is 0 Å². The Balaban J connectivity index is 1.94. The molecule has 0 aliphatic carbocycles. The van der Waals surface area contributed by atoms with E-state index in [1.807, 2.05) is 32.8 Å². The van der Waals surface area contributed by atoms with E-state index in [0.29, 0.717) is 24.8 Å². The molecule has 12 heteroatoms. The first-order valence-electron chi connectivity index (χ1n) is 13.8. The lowest BCUT2D eigenvalue weighted by Gasteiger charge is -2.30. The highest BCUT2D eigenvalue weighted by Gasteiger charge is 2.30. The molecule has 2 aromatic rings. The Morgan fingerprint density at radius 3 is 1.73 bits per heavy atom. The van der Waals surface area contributed by atoms with Gasteiger partial charge in [-0.15, -0.1) is 0 Å². The maximum atomic E-state index is 13.8. The molecule has 1 fully saturated rings. The van der Waals surface area contributed by atoms with Crippen molar-refractivity contribution in [1.82, 2.24) is 13.5 Å². The Labute approximate surface area is 245 Å². The molecule has 1 saturated heterocycles. The Kier molecular flexibility index (Phi) is 11.4. The summed E-state index contributed by atoms with van der Waals surface area (Å²) < 4.78 is 62.8. The van der Waals surface area contributed by atoms with Crippen molar-refractivity contribution in [3.8, 4) is 0 Å². The van der Waals surface area contributed by atoms with Crippen molar-refractivity contribution in [3.05, 3.63) is 66.2 Å². The number of hydrogen-bond donors (Lipinski definition) is 0. The van der Waals surface area contributed by atoms with Gasteiger partial charge in [0.1, 0.15) is 0 Å². The average molecular weight is 607 g/mol. The fourth-order valence-electron chi connectivity index (χ4n) is 4.49. The highest BCUT2D eigenvalue weighted by Crippen LogP contribution is 2.23. The lowest BCUT2D eigenvalue weighted by Crippen LogP contribution is -2.42. The highest BCUT2D eigenvalue weighted by atomic mass is 32.2. The van der Waals surface area contributed by atoms with E-state index in [0.717, 1.165) is 11.3 Å². The fourth-order valence-corrected chi connectivity index (χ4v) is 7.49. The largest absolute Gasteiger partial charge is 0.449 e. The summed E-state index contributed by atoms with van der Waals surface area (Å²) in [6.07, 6.45) is 0.951. The number of ether oxygens (including phenoxy) is 1. The van der Waals surface area contributed by atoms with Crippen LogP contribution < -0.4 is 4.90 Å². The van der Waals surface area contributed by atoms with E-state index in [9.17, 15) is 21.6 Å². The maximum Gasteiger partial charge on any atom is 0.409 e. The molecule has 2 aromatic carbocycles. The number of amides is 1. The van der Waals surface area contributed by atoms with E-state index < -0.39 is 26.1 Å². The number of benzene rings is 2. The summed E-state index contributed by atoms with van der Waals surface area (Å²) >= 11 is 0. The molecule has 3 rings (SSSR count). The molecule has 0 radical (unpaired) electrons. The van der Waals surface area contributed by atoms with Crippen LogP contribution in [-0.4, -0.2) is 96.4 Å². The third-order valence-electron chi connectivity index (χ3n) is 6.81. The number of hydrogen-bond acceptors (Lipinski definition) is 7. The molecule has 1 aliphatic heterocycles. The molecule has 1 aliphatic rings. The Morgan fingerprint density at radius 1 is 0.829 bits per heavy atom. The number of carbonyl (C=O) groups is 1. The van der Waals surface area contributed by atoms with Crippen LogP contribution in [0.1, 0.15) is 31.7 Å². The first-order chi connectivity index (χ1) is 19.4. The van der Waals surface area contributed by atoms with Crippen molar-refractivity contribution < 1.29 is 26.4 Å². The van der Waals surface area contributed by atoms with E-state index >= 15 is 0 Å². The molecule has 0 spiro atoms. The van der Waals surface area contributed by atoms with Crippen LogP contribution in [0.25, 0.3) is 0 Å². The van der Waals surface area contributed by atoms with Gasteiger partial charge in [0.2, 0.25) is 20.0 Å². The quantitative estimate of drug-likeness (QED) is 0.440. The Hall–Kier alpha value is -2.93. The summed E-state index contributed by atoms with van der Waals surface area (Å²) in [5.74, 6) is 0. The minimum absolute atomic E-state index is 0.0535. The monoisotopic (exact) mass is 606 g/mol. The van der Waals surface area contributed by atoms with Crippen LogP contribution in [0, 0.1) is 6.92 Å². The van der Waals surface area contributed by atoms with Crippen LogP contribution in [0.2, 0.25) is 0 Å². The van der Waals surface area contributed by atoms with Gasteiger partial charge in [0.15, 0.2) is 0 Å². The van der Waals surface area contributed by atoms with Crippen molar-refractivity contribution >= 4 is 31.8 Å². The van der Waals surface area contributed by atoms with Gasteiger partial charge in [-0.3, -0.25) is 0 Å². The number of rotatable bonds is 7. The molecule has 0 saturated carbocycles. The van der Waals surface area contributed by atoms with E-state index in [-0.39, 0.29) is 55.7 Å². The zero-order valence-electron chi connectivity index (χ0n) is 24.5. The van der Waals surface area contributed by atoms with Gasteiger partial charge in [0, 0.05) is 59.1 Å². The van der Waals surface area contributed by atoms with Gasteiger partial charge in [-0.25, -0.2) is 21.6 Å².